The largest absolute Gasteiger partial charge is 0.398 e. The summed E-state index contributed by atoms with van der Waals surface area (Å²) in [6.45, 7) is 3.84. The van der Waals surface area contributed by atoms with Crippen LogP contribution < -0.4 is 11.1 Å². The second kappa shape index (κ2) is 5.23. The maximum atomic E-state index is 12.3. The van der Waals surface area contributed by atoms with Crippen LogP contribution in [-0.4, -0.2) is 41.4 Å². The number of carbonyl (C=O) groups excluding carboxylic acids is 1. The molecule has 7 heteroatoms. The first-order valence-electron chi connectivity index (χ1n) is 6.05. The third-order valence-electron chi connectivity index (χ3n) is 3.13. The van der Waals surface area contributed by atoms with E-state index >= 15 is 0 Å². The van der Waals surface area contributed by atoms with E-state index in [1.54, 1.807) is 4.90 Å². The predicted molar refractivity (Wildman–Crippen MR) is 70.9 cm³/mol. The van der Waals surface area contributed by atoms with E-state index in [0.717, 1.165) is 0 Å². The third-order valence-corrected chi connectivity index (χ3v) is 3.13. The number of hydrogen-bond donors (Lipinski definition) is 2. The number of hydrogen-bond acceptors (Lipinski definition) is 5. The van der Waals surface area contributed by atoms with Gasteiger partial charge in [-0.25, -0.2) is 0 Å². The summed E-state index contributed by atoms with van der Waals surface area (Å²) in [5.41, 5.74) is 6.08. The van der Waals surface area contributed by atoms with Crippen molar-refractivity contribution in [3.8, 4) is 0 Å². The summed E-state index contributed by atoms with van der Waals surface area (Å²) in [7, 11) is 0. The smallest absolute Gasteiger partial charge is 0.270 e. The molecule has 1 aliphatic heterocycles. The molecule has 2 rings (SSSR count). The van der Waals surface area contributed by atoms with Crippen molar-refractivity contribution in [2.45, 2.75) is 13.0 Å². The molecule has 0 bridgehead atoms. The Morgan fingerprint density at radius 1 is 1.58 bits per heavy atom. The quantitative estimate of drug-likeness (QED) is 0.463. The second-order valence-corrected chi connectivity index (χ2v) is 4.64. The van der Waals surface area contributed by atoms with Crippen molar-refractivity contribution in [2.24, 2.45) is 0 Å². The third kappa shape index (κ3) is 2.82. The molecular formula is C12H16N4O3. The predicted octanol–water partition coefficient (Wildman–Crippen LogP) is 0.611. The first-order valence-corrected chi connectivity index (χ1v) is 6.05. The molecule has 1 aromatic carbocycles. The van der Waals surface area contributed by atoms with Gasteiger partial charge in [0.1, 0.15) is 0 Å². The van der Waals surface area contributed by atoms with Crippen molar-refractivity contribution in [3.05, 3.63) is 33.9 Å². The van der Waals surface area contributed by atoms with Gasteiger partial charge in [0, 0.05) is 43.5 Å². The Balaban J connectivity index is 2.27. The van der Waals surface area contributed by atoms with E-state index in [1.807, 2.05) is 6.92 Å². The lowest BCUT2D eigenvalue weighted by Crippen LogP contribution is -2.51. The van der Waals surface area contributed by atoms with Gasteiger partial charge < -0.3 is 16.0 Å². The fourth-order valence-electron chi connectivity index (χ4n) is 2.13. The van der Waals surface area contributed by atoms with Crippen molar-refractivity contribution in [1.82, 2.24) is 10.2 Å². The Bertz CT molecular complexity index is 518. The summed E-state index contributed by atoms with van der Waals surface area (Å²) < 4.78 is 0. The number of nitrogen functional groups attached to an aromatic ring is 1. The van der Waals surface area contributed by atoms with Crippen LogP contribution in [0.25, 0.3) is 0 Å². The van der Waals surface area contributed by atoms with Crippen LogP contribution in [0.5, 0.6) is 0 Å². The van der Waals surface area contributed by atoms with Crippen molar-refractivity contribution in [1.29, 1.82) is 0 Å². The van der Waals surface area contributed by atoms with Gasteiger partial charge >= 0.3 is 0 Å². The van der Waals surface area contributed by atoms with Crippen molar-refractivity contribution >= 4 is 17.3 Å². The highest BCUT2D eigenvalue weighted by Crippen LogP contribution is 2.21. The van der Waals surface area contributed by atoms with Crippen LogP contribution in [0.2, 0.25) is 0 Å². The Morgan fingerprint density at radius 3 is 2.95 bits per heavy atom. The molecule has 1 amide bonds. The summed E-state index contributed by atoms with van der Waals surface area (Å²) >= 11 is 0. The minimum atomic E-state index is -0.531. The molecule has 0 saturated carbocycles. The number of piperazine rings is 1. The van der Waals surface area contributed by atoms with Crippen LogP contribution in [0.4, 0.5) is 11.4 Å². The maximum absolute atomic E-state index is 12.3. The van der Waals surface area contributed by atoms with E-state index in [4.69, 9.17) is 5.73 Å². The molecular weight excluding hydrogens is 248 g/mol. The minimum absolute atomic E-state index is 0.124. The lowest BCUT2D eigenvalue weighted by Gasteiger charge is -2.32. The highest BCUT2D eigenvalue weighted by atomic mass is 16.6. The lowest BCUT2D eigenvalue weighted by atomic mass is 10.1. The average Bonchev–Trinajstić information content (AvgIpc) is 2.38. The number of non-ortho nitro benzene ring substituents is 1. The number of nitro groups is 1. The molecule has 1 atom stereocenters. The van der Waals surface area contributed by atoms with Gasteiger partial charge in [-0.1, -0.05) is 0 Å². The van der Waals surface area contributed by atoms with E-state index in [0.29, 0.717) is 19.6 Å². The van der Waals surface area contributed by atoms with Gasteiger partial charge in [0.2, 0.25) is 0 Å². The molecule has 1 fully saturated rings. The van der Waals surface area contributed by atoms with Crippen LogP contribution >= 0.6 is 0 Å². The number of nitrogens with two attached hydrogens (primary N) is 1. The number of anilines is 1. The van der Waals surface area contributed by atoms with Gasteiger partial charge in [-0.3, -0.25) is 14.9 Å². The molecule has 19 heavy (non-hydrogen) atoms. The van der Waals surface area contributed by atoms with E-state index in [1.165, 1.54) is 18.2 Å². The number of nitrogens with zero attached hydrogens (tertiary/aromatic N) is 2. The van der Waals surface area contributed by atoms with E-state index < -0.39 is 4.92 Å². The zero-order valence-corrected chi connectivity index (χ0v) is 10.6. The van der Waals surface area contributed by atoms with Crippen LogP contribution in [-0.2, 0) is 0 Å². The first-order chi connectivity index (χ1) is 8.99. The standard InChI is InChI=1S/C12H16N4O3/c1-8-7-15(5-4-14-8)12(17)10-6-9(16(18)19)2-3-11(10)13/h2-3,6,8,14H,4-5,7,13H2,1H3/t8-/m1/s1. The summed E-state index contributed by atoms with van der Waals surface area (Å²) in [5, 5.41) is 14.0. The lowest BCUT2D eigenvalue weighted by molar-refractivity contribution is -0.384. The minimum Gasteiger partial charge on any atom is -0.398 e. The van der Waals surface area contributed by atoms with E-state index in [-0.39, 0.29) is 28.9 Å². The summed E-state index contributed by atoms with van der Waals surface area (Å²) in [6.07, 6.45) is 0. The van der Waals surface area contributed by atoms with E-state index in [9.17, 15) is 14.9 Å². The van der Waals surface area contributed by atoms with Crippen LogP contribution in [0.15, 0.2) is 18.2 Å². The molecule has 7 nitrogen and oxygen atoms in total. The molecule has 0 spiro atoms. The molecule has 0 unspecified atom stereocenters. The maximum Gasteiger partial charge on any atom is 0.270 e. The fraction of sp³-hybridized carbons (Fsp3) is 0.417. The SMILES string of the molecule is C[C@@H]1CN(C(=O)c2cc([N+](=O)[O-])ccc2N)CCN1. The number of nitro benzene ring substituents is 1. The molecule has 3 N–H and O–H groups in total. The summed E-state index contributed by atoms with van der Waals surface area (Å²) in [6, 6.07) is 4.14. The van der Waals surface area contributed by atoms with Crippen LogP contribution in [0.1, 0.15) is 17.3 Å². The van der Waals surface area contributed by atoms with Gasteiger partial charge in [-0.05, 0) is 13.0 Å². The average molecular weight is 264 g/mol. The topological polar surface area (TPSA) is 102 Å². The van der Waals surface area contributed by atoms with Crippen LogP contribution in [0.3, 0.4) is 0 Å². The normalized spacial score (nSPS) is 19.2. The molecule has 0 aliphatic carbocycles. The molecule has 1 heterocycles. The number of rotatable bonds is 2. The highest BCUT2D eigenvalue weighted by molar-refractivity contribution is 5.99. The van der Waals surface area contributed by atoms with Gasteiger partial charge in [0.15, 0.2) is 0 Å². The Hall–Kier alpha value is -2.15. The molecule has 102 valence electrons. The zero-order chi connectivity index (χ0) is 14.0. The number of benzene rings is 1. The van der Waals surface area contributed by atoms with Gasteiger partial charge in [-0.15, -0.1) is 0 Å². The zero-order valence-electron chi connectivity index (χ0n) is 10.6. The molecule has 1 saturated heterocycles. The highest BCUT2D eigenvalue weighted by Gasteiger charge is 2.24. The Kier molecular flexibility index (Phi) is 3.66. The van der Waals surface area contributed by atoms with Gasteiger partial charge in [-0.2, -0.15) is 0 Å². The van der Waals surface area contributed by atoms with E-state index in [2.05, 4.69) is 5.32 Å². The summed E-state index contributed by atoms with van der Waals surface area (Å²) in [5.74, 6) is -0.255. The van der Waals surface area contributed by atoms with Crippen molar-refractivity contribution in [3.63, 3.8) is 0 Å². The second-order valence-electron chi connectivity index (χ2n) is 4.64. The fourth-order valence-corrected chi connectivity index (χ4v) is 2.13. The molecule has 0 aromatic heterocycles. The van der Waals surface area contributed by atoms with Gasteiger partial charge in [0.05, 0.1) is 10.5 Å². The number of amides is 1. The van der Waals surface area contributed by atoms with Gasteiger partial charge in [0.25, 0.3) is 11.6 Å². The first kappa shape index (κ1) is 13.3. The molecule has 0 radical (unpaired) electrons. The number of carbonyl (C=O) groups is 1. The Labute approximate surface area is 110 Å². The Morgan fingerprint density at radius 2 is 2.32 bits per heavy atom. The monoisotopic (exact) mass is 264 g/mol. The van der Waals surface area contributed by atoms with Crippen LogP contribution in [0, 0.1) is 10.1 Å². The molecule has 1 aromatic rings. The summed E-state index contributed by atoms with van der Waals surface area (Å²) in [4.78, 5) is 24.2. The van der Waals surface area contributed by atoms with Crippen molar-refractivity contribution < 1.29 is 9.72 Å². The molecule has 1 aliphatic rings. The number of nitrogens with one attached hydrogen (secondary N) is 1. The van der Waals surface area contributed by atoms with Crippen molar-refractivity contribution in [2.75, 3.05) is 25.4 Å².